The van der Waals surface area contributed by atoms with Crippen molar-refractivity contribution < 1.29 is 4.79 Å². The molecule has 1 saturated carbocycles. The van der Waals surface area contributed by atoms with Crippen molar-refractivity contribution in [2.24, 2.45) is 0 Å². The van der Waals surface area contributed by atoms with Crippen LogP contribution in [-0.2, 0) is 0 Å². The number of rotatable bonds is 2. The molecule has 23 heavy (non-hydrogen) atoms. The van der Waals surface area contributed by atoms with Gasteiger partial charge in [0.2, 0.25) is 0 Å². The minimum atomic E-state index is 0.128. The van der Waals surface area contributed by atoms with E-state index >= 15 is 0 Å². The van der Waals surface area contributed by atoms with E-state index in [0.717, 1.165) is 43.5 Å². The zero-order valence-electron chi connectivity index (χ0n) is 13.6. The van der Waals surface area contributed by atoms with Gasteiger partial charge in [0, 0.05) is 36.7 Å². The Kier molecular flexibility index (Phi) is 5.81. The molecule has 0 bridgehead atoms. The molecule has 2 amide bonds. The molecule has 126 valence electrons. The Bertz CT molecular complexity index is 521. The Balaban J connectivity index is 1.50. The molecule has 5 heteroatoms. The molecule has 4 nitrogen and oxygen atoms in total. The van der Waals surface area contributed by atoms with Gasteiger partial charge in [0.05, 0.1) is 5.69 Å². The van der Waals surface area contributed by atoms with Crippen LogP contribution >= 0.6 is 15.9 Å². The monoisotopic (exact) mass is 379 g/mol. The Morgan fingerprint density at radius 2 is 1.65 bits per heavy atom. The normalized spacial score (nSPS) is 20.2. The largest absolute Gasteiger partial charge is 0.367 e. The van der Waals surface area contributed by atoms with Gasteiger partial charge in [-0.3, -0.25) is 0 Å². The third-order valence-electron chi connectivity index (χ3n) is 4.94. The maximum absolute atomic E-state index is 12.5. The predicted octanol–water partition coefficient (Wildman–Crippen LogP) is 4.00. The SMILES string of the molecule is O=C(NC1CCCCCC1)N1CCN(c2ccccc2Br)CC1. The lowest BCUT2D eigenvalue weighted by molar-refractivity contribution is 0.189. The minimum Gasteiger partial charge on any atom is -0.367 e. The molecule has 3 rings (SSSR count). The van der Waals surface area contributed by atoms with E-state index in [2.05, 4.69) is 44.3 Å². The van der Waals surface area contributed by atoms with E-state index in [1.165, 1.54) is 31.4 Å². The molecule has 1 aromatic rings. The number of para-hydroxylation sites is 1. The highest BCUT2D eigenvalue weighted by molar-refractivity contribution is 9.10. The van der Waals surface area contributed by atoms with Gasteiger partial charge >= 0.3 is 6.03 Å². The number of nitrogens with zero attached hydrogens (tertiary/aromatic N) is 2. The summed E-state index contributed by atoms with van der Waals surface area (Å²) in [6, 6.07) is 8.80. The van der Waals surface area contributed by atoms with Crippen LogP contribution in [0.25, 0.3) is 0 Å². The highest BCUT2D eigenvalue weighted by Crippen LogP contribution is 2.26. The average Bonchev–Trinajstić information content (AvgIpc) is 2.84. The summed E-state index contributed by atoms with van der Waals surface area (Å²) in [7, 11) is 0. The lowest BCUT2D eigenvalue weighted by Gasteiger charge is -2.37. The standard InChI is InChI=1S/C18H26BrN3O/c19-16-9-5-6-10-17(16)21-11-13-22(14-12-21)18(23)20-15-7-3-1-2-4-8-15/h5-6,9-10,15H,1-4,7-8,11-14H2,(H,20,23). The van der Waals surface area contributed by atoms with Crippen molar-refractivity contribution in [3.8, 4) is 0 Å². The number of halogens is 1. The zero-order chi connectivity index (χ0) is 16.1. The van der Waals surface area contributed by atoms with Crippen molar-refractivity contribution in [3.05, 3.63) is 28.7 Å². The fraction of sp³-hybridized carbons (Fsp3) is 0.611. The van der Waals surface area contributed by atoms with E-state index < -0.39 is 0 Å². The van der Waals surface area contributed by atoms with E-state index in [4.69, 9.17) is 0 Å². The topological polar surface area (TPSA) is 35.6 Å². The number of nitrogens with one attached hydrogen (secondary N) is 1. The second-order valence-electron chi connectivity index (χ2n) is 6.56. The molecule has 0 radical (unpaired) electrons. The van der Waals surface area contributed by atoms with Crippen LogP contribution < -0.4 is 10.2 Å². The molecule has 1 N–H and O–H groups in total. The van der Waals surface area contributed by atoms with E-state index in [-0.39, 0.29) is 6.03 Å². The maximum Gasteiger partial charge on any atom is 0.317 e. The quantitative estimate of drug-likeness (QED) is 0.788. The first-order valence-electron chi connectivity index (χ1n) is 8.79. The van der Waals surface area contributed by atoms with E-state index in [1.807, 2.05) is 11.0 Å². The summed E-state index contributed by atoms with van der Waals surface area (Å²) in [4.78, 5) is 16.8. The van der Waals surface area contributed by atoms with Crippen molar-refractivity contribution >= 4 is 27.6 Å². The first-order valence-corrected chi connectivity index (χ1v) is 9.58. The zero-order valence-corrected chi connectivity index (χ0v) is 15.2. The molecule has 0 aromatic heterocycles. The number of piperazine rings is 1. The number of hydrogen-bond donors (Lipinski definition) is 1. The molecule has 2 fully saturated rings. The molecule has 0 atom stereocenters. The molecular weight excluding hydrogens is 354 g/mol. The Labute approximate surface area is 147 Å². The molecule has 1 aromatic carbocycles. The number of anilines is 1. The fourth-order valence-electron chi connectivity index (χ4n) is 3.55. The van der Waals surface area contributed by atoms with Crippen LogP contribution in [0.2, 0.25) is 0 Å². The van der Waals surface area contributed by atoms with Crippen molar-refractivity contribution in [3.63, 3.8) is 0 Å². The number of benzene rings is 1. The highest BCUT2D eigenvalue weighted by atomic mass is 79.9. The number of hydrogen-bond acceptors (Lipinski definition) is 2. The van der Waals surface area contributed by atoms with E-state index in [9.17, 15) is 4.79 Å². The Morgan fingerprint density at radius 3 is 2.30 bits per heavy atom. The van der Waals surface area contributed by atoms with Crippen molar-refractivity contribution in [1.82, 2.24) is 10.2 Å². The lowest BCUT2D eigenvalue weighted by Crippen LogP contribution is -2.53. The predicted molar refractivity (Wildman–Crippen MR) is 97.9 cm³/mol. The molecule has 1 heterocycles. The van der Waals surface area contributed by atoms with Crippen LogP contribution in [0.5, 0.6) is 0 Å². The van der Waals surface area contributed by atoms with Gasteiger partial charge in [0.15, 0.2) is 0 Å². The van der Waals surface area contributed by atoms with Gasteiger partial charge in [0.1, 0.15) is 0 Å². The molecule has 1 aliphatic carbocycles. The highest BCUT2D eigenvalue weighted by Gasteiger charge is 2.24. The summed E-state index contributed by atoms with van der Waals surface area (Å²) >= 11 is 3.61. The number of amides is 2. The van der Waals surface area contributed by atoms with E-state index in [1.54, 1.807) is 0 Å². The summed E-state index contributed by atoms with van der Waals surface area (Å²) in [6.45, 7) is 3.36. The van der Waals surface area contributed by atoms with Crippen molar-refractivity contribution in [2.45, 2.75) is 44.6 Å². The second kappa shape index (κ2) is 8.04. The molecular formula is C18H26BrN3O. The number of urea groups is 1. The number of carbonyl (C=O) groups is 1. The maximum atomic E-state index is 12.5. The summed E-state index contributed by atoms with van der Waals surface area (Å²) in [5.41, 5.74) is 1.22. The van der Waals surface area contributed by atoms with Crippen LogP contribution in [0.3, 0.4) is 0 Å². The second-order valence-corrected chi connectivity index (χ2v) is 7.42. The van der Waals surface area contributed by atoms with Crippen molar-refractivity contribution in [1.29, 1.82) is 0 Å². The summed E-state index contributed by atoms with van der Waals surface area (Å²) in [5, 5.41) is 3.25. The van der Waals surface area contributed by atoms with Crippen LogP contribution in [-0.4, -0.2) is 43.2 Å². The Morgan fingerprint density at radius 1 is 1.00 bits per heavy atom. The average molecular weight is 380 g/mol. The first kappa shape index (κ1) is 16.6. The van der Waals surface area contributed by atoms with Gasteiger partial charge in [-0.2, -0.15) is 0 Å². The number of carbonyl (C=O) groups excluding carboxylic acids is 1. The summed E-state index contributed by atoms with van der Waals surface area (Å²) in [5.74, 6) is 0. The third-order valence-corrected chi connectivity index (χ3v) is 5.61. The summed E-state index contributed by atoms with van der Waals surface area (Å²) < 4.78 is 1.12. The van der Waals surface area contributed by atoms with E-state index in [0.29, 0.717) is 6.04 Å². The smallest absolute Gasteiger partial charge is 0.317 e. The van der Waals surface area contributed by atoms with Crippen LogP contribution in [0, 0.1) is 0 Å². The molecule has 0 spiro atoms. The van der Waals surface area contributed by atoms with Gasteiger partial charge in [-0.25, -0.2) is 4.79 Å². The van der Waals surface area contributed by atoms with Gasteiger partial charge in [-0.05, 0) is 40.9 Å². The third kappa shape index (κ3) is 4.40. The molecule has 2 aliphatic rings. The minimum absolute atomic E-state index is 0.128. The molecule has 1 aliphatic heterocycles. The Hall–Kier alpha value is -1.23. The molecule has 1 saturated heterocycles. The van der Waals surface area contributed by atoms with Gasteiger partial charge in [-0.15, -0.1) is 0 Å². The molecule has 0 unspecified atom stereocenters. The van der Waals surface area contributed by atoms with Crippen LogP contribution in [0.1, 0.15) is 38.5 Å². The van der Waals surface area contributed by atoms with Crippen molar-refractivity contribution in [2.75, 3.05) is 31.1 Å². The fourth-order valence-corrected chi connectivity index (χ4v) is 4.08. The first-order chi connectivity index (χ1) is 11.2. The lowest BCUT2D eigenvalue weighted by atomic mass is 10.1. The van der Waals surface area contributed by atoms with Gasteiger partial charge < -0.3 is 15.1 Å². The van der Waals surface area contributed by atoms with Crippen LogP contribution in [0.15, 0.2) is 28.7 Å². The van der Waals surface area contributed by atoms with Gasteiger partial charge in [-0.1, -0.05) is 37.8 Å². The van der Waals surface area contributed by atoms with Gasteiger partial charge in [0.25, 0.3) is 0 Å². The van der Waals surface area contributed by atoms with Crippen LogP contribution in [0.4, 0.5) is 10.5 Å². The summed E-state index contributed by atoms with van der Waals surface area (Å²) in [6.07, 6.45) is 7.42.